The molecular formula is C22H15ClF4N2O5. The van der Waals surface area contributed by atoms with Gasteiger partial charge in [0.2, 0.25) is 0 Å². The first-order valence-electron chi connectivity index (χ1n) is 9.36. The second-order valence-electron chi connectivity index (χ2n) is 6.69. The molecule has 12 heteroatoms. The van der Waals surface area contributed by atoms with E-state index in [9.17, 15) is 27.2 Å². The van der Waals surface area contributed by atoms with E-state index in [1.54, 1.807) is 6.92 Å². The average Bonchev–Trinajstić information content (AvgIpc) is 2.77. The number of anilines is 1. The molecule has 1 aromatic heterocycles. The van der Waals surface area contributed by atoms with Gasteiger partial charge in [0.15, 0.2) is 5.82 Å². The molecule has 0 atom stereocenters. The van der Waals surface area contributed by atoms with Crippen molar-refractivity contribution in [1.29, 1.82) is 0 Å². The summed E-state index contributed by atoms with van der Waals surface area (Å²) in [6, 6.07) is 7.89. The number of carbonyl (C=O) groups excluding carboxylic acids is 2. The maximum atomic E-state index is 14.8. The molecule has 0 saturated carbocycles. The van der Waals surface area contributed by atoms with Gasteiger partial charge >= 0.3 is 12.3 Å². The van der Waals surface area contributed by atoms with Gasteiger partial charge in [-0.1, -0.05) is 11.6 Å². The molecule has 0 radical (unpaired) electrons. The number of aromatic nitrogens is 1. The summed E-state index contributed by atoms with van der Waals surface area (Å²) >= 11 is 5.83. The molecule has 178 valence electrons. The van der Waals surface area contributed by atoms with Crippen LogP contribution in [0.4, 0.5) is 23.2 Å². The van der Waals surface area contributed by atoms with Crippen LogP contribution in [0.1, 0.15) is 26.4 Å². The molecule has 3 aromatic rings. The molecule has 0 saturated heterocycles. The predicted octanol–water partition coefficient (Wildman–Crippen LogP) is 5.91. The second-order valence-corrected chi connectivity index (χ2v) is 7.09. The Morgan fingerprint density at radius 2 is 1.71 bits per heavy atom. The first-order chi connectivity index (χ1) is 16.0. The fourth-order valence-electron chi connectivity index (χ4n) is 2.73. The van der Waals surface area contributed by atoms with E-state index in [2.05, 4.69) is 19.8 Å². The lowest BCUT2D eigenvalue weighted by atomic mass is 10.1. The van der Waals surface area contributed by atoms with Gasteiger partial charge in [-0.05, 0) is 55.0 Å². The van der Waals surface area contributed by atoms with E-state index in [0.717, 1.165) is 37.4 Å². The van der Waals surface area contributed by atoms with Crippen molar-refractivity contribution in [3.8, 4) is 17.2 Å². The van der Waals surface area contributed by atoms with Crippen molar-refractivity contribution in [2.75, 3.05) is 12.4 Å². The molecule has 1 N–H and O–H groups in total. The van der Waals surface area contributed by atoms with Crippen LogP contribution in [0.2, 0.25) is 5.02 Å². The van der Waals surface area contributed by atoms with E-state index in [1.165, 1.54) is 18.3 Å². The normalized spacial score (nSPS) is 11.0. The number of carbonyl (C=O) groups is 2. The number of halogens is 5. The highest BCUT2D eigenvalue weighted by atomic mass is 35.5. The standard InChI is InChI=1S/C22H15ClF4N2O5/c1-11-10-28-16(21(31)32-2)9-15(11)29-20(30)18-17(8-7-14(23)19(18)24)33-12-3-5-13(6-4-12)34-22(25,26)27/h3-10H,1-2H3,(H,28,29,30). The minimum Gasteiger partial charge on any atom is -0.464 e. The Kier molecular flexibility index (Phi) is 7.26. The van der Waals surface area contributed by atoms with E-state index >= 15 is 0 Å². The number of esters is 1. The van der Waals surface area contributed by atoms with Crippen molar-refractivity contribution in [2.24, 2.45) is 0 Å². The number of hydrogen-bond donors (Lipinski definition) is 1. The fraction of sp³-hybridized carbons (Fsp3) is 0.136. The molecule has 7 nitrogen and oxygen atoms in total. The number of hydrogen-bond acceptors (Lipinski definition) is 6. The first-order valence-corrected chi connectivity index (χ1v) is 9.74. The van der Waals surface area contributed by atoms with Crippen molar-refractivity contribution in [2.45, 2.75) is 13.3 Å². The van der Waals surface area contributed by atoms with E-state index in [1.807, 2.05) is 0 Å². The molecule has 3 rings (SSSR count). The quantitative estimate of drug-likeness (QED) is 0.336. The van der Waals surface area contributed by atoms with Crippen LogP contribution >= 0.6 is 11.6 Å². The van der Waals surface area contributed by atoms with E-state index < -0.39 is 35.4 Å². The summed E-state index contributed by atoms with van der Waals surface area (Å²) < 4.78 is 65.7. The summed E-state index contributed by atoms with van der Waals surface area (Å²) in [5.74, 6) is -3.55. The third-order valence-corrected chi connectivity index (χ3v) is 4.61. The molecule has 0 bridgehead atoms. The predicted molar refractivity (Wildman–Crippen MR) is 113 cm³/mol. The number of amides is 1. The van der Waals surface area contributed by atoms with Crippen LogP contribution in [-0.4, -0.2) is 30.3 Å². The number of nitrogens with one attached hydrogen (secondary N) is 1. The number of pyridine rings is 1. The highest BCUT2D eigenvalue weighted by Crippen LogP contribution is 2.33. The van der Waals surface area contributed by atoms with Crippen molar-refractivity contribution in [3.05, 3.63) is 76.3 Å². The van der Waals surface area contributed by atoms with Crippen LogP contribution in [0, 0.1) is 12.7 Å². The average molecular weight is 499 g/mol. The van der Waals surface area contributed by atoms with E-state index in [0.29, 0.717) is 5.56 Å². The highest BCUT2D eigenvalue weighted by Gasteiger charge is 2.31. The number of benzene rings is 2. The molecule has 1 amide bonds. The Morgan fingerprint density at radius 1 is 1.06 bits per heavy atom. The van der Waals surface area contributed by atoms with E-state index in [-0.39, 0.29) is 27.9 Å². The number of alkyl halides is 3. The van der Waals surface area contributed by atoms with E-state index in [4.69, 9.17) is 16.3 Å². The van der Waals surface area contributed by atoms with Crippen LogP contribution in [0.25, 0.3) is 0 Å². The Balaban J connectivity index is 1.90. The van der Waals surface area contributed by atoms with Crippen LogP contribution in [-0.2, 0) is 4.74 Å². The number of ether oxygens (including phenoxy) is 3. The van der Waals surface area contributed by atoms with Gasteiger partial charge < -0.3 is 19.5 Å². The second kappa shape index (κ2) is 9.96. The lowest BCUT2D eigenvalue weighted by molar-refractivity contribution is -0.274. The minimum absolute atomic E-state index is 0.00151. The number of aryl methyl sites for hydroxylation is 1. The summed E-state index contributed by atoms with van der Waals surface area (Å²) in [7, 11) is 1.16. The zero-order valence-corrected chi connectivity index (χ0v) is 18.3. The molecule has 34 heavy (non-hydrogen) atoms. The Bertz CT molecular complexity index is 1230. The molecule has 0 aliphatic rings. The Hall–Kier alpha value is -3.86. The molecular weight excluding hydrogens is 484 g/mol. The number of methoxy groups -OCH3 is 1. The Morgan fingerprint density at radius 3 is 2.32 bits per heavy atom. The summed E-state index contributed by atoms with van der Waals surface area (Å²) in [6.07, 6.45) is -3.55. The molecule has 0 unspecified atom stereocenters. The number of nitrogens with zero attached hydrogens (tertiary/aromatic N) is 1. The lowest BCUT2D eigenvalue weighted by Gasteiger charge is -2.15. The van der Waals surface area contributed by atoms with Gasteiger partial charge in [-0.15, -0.1) is 13.2 Å². The molecule has 2 aromatic carbocycles. The van der Waals surface area contributed by atoms with Gasteiger partial charge in [0.05, 0.1) is 12.1 Å². The van der Waals surface area contributed by atoms with Crippen LogP contribution in [0.5, 0.6) is 17.2 Å². The Labute approximate surface area is 195 Å². The van der Waals surface area contributed by atoms with Gasteiger partial charge in [-0.25, -0.2) is 14.2 Å². The fourth-order valence-corrected chi connectivity index (χ4v) is 2.88. The number of rotatable bonds is 6. The summed E-state index contributed by atoms with van der Waals surface area (Å²) in [5, 5.41) is 2.10. The van der Waals surface area contributed by atoms with Crippen molar-refractivity contribution in [1.82, 2.24) is 4.98 Å². The van der Waals surface area contributed by atoms with Gasteiger partial charge in [0.25, 0.3) is 5.91 Å². The maximum absolute atomic E-state index is 14.8. The van der Waals surface area contributed by atoms with Crippen molar-refractivity contribution >= 4 is 29.2 Å². The molecule has 0 aliphatic carbocycles. The van der Waals surface area contributed by atoms with Crippen molar-refractivity contribution < 1.29 is 41.4 Å². The summed E-state index contributed by atoms with van der Waals surface area (Å²) in [6.45, 7) is 1.60. The highest BCUT2D eigenvalue weighted by molar-refractivity contribution is 6.31. The van der Waals surface area contributed by atoms with Gasteiger partial charge in [0.1, 0.15) is 28.5 Å². The smallest absolute Gasteiger partial charge is 0.464 e. The zero-order chi connectivity index (χ0) is 25.0. The molecule has 1 heterocycles. The topological polar surface area (TPSA) is 86.8 Å². The SMILES string of the molecule is COC(=O)c1cc(NC(=O)c2c(Oc3ccc(OC(F)(F)F)cc3)ccc(Cl)c2F)c(C)cn1. The monoisotopic (exact) mass is 498 g/mol. The first kappa shape index (κ1) is 24.8. The maximum Gasteiger partial charge on any atom is 0.573 e. The largest absolute Gasteiger partial charge is 0.573 e. The molecule has 0 aliphatic heterocycles. The third-order valence-electron chi connectivity index (χ3n) is 4.31. The van der Waals surface area contributed by atoms with Crippen molar-refractivity contribution in [3.63, 3.8) is 0 Å². The van der Waals surface area contributed by atoms with Gasteiger partial charge in [-0.3, -0.25) is 4.79 Å². The van der Waals surface area contributed by atoms with Crippen LogP contribution in [0.15, 0.2) is 48.7 Å². The molecule has 0 fully saturated rings. The third kappa shape index (κ3) is 5.93. The zero-order valence-electron chi connectivity index (χ0n) is 17.5. The minimum atomic E-state index is -4.87. The molecule has 0 spiro atoms. The van der Waals surface area contributed by atoms with Crippen LogP contribution in [0.3, 0.4) is 0 Å². The lowest BCUT2D eigenvalue weighted by Crippen LogP contribution is -2.17. The van der Waals surface area contributed by atoms with Crippen LogP contribution < -0.4 is 14.8 Å². The van der Waals surface area contributed by atoms with Gasteiger partial charge in [0, 0.05) is 11.9 Å². The summed E-state index contributed by atoms with van der Waals surface area (Å²) in [4.78, 5) is 28.6. The summed E-state index contributed by atoms with van der Waals surface area (Å²) in [5.41, 5.74) is -0.0444. The van der Waals surface area contributed by atoms with Gasteiger partial charge in [-0.2, -0.15) is 0 Å².